The number of anilines is 1. The van der Waals surface area contributed by atoms with E-state index >= 15 is 0 Å². The van der Waals surface area contributed by atoms with Gasteiger partial charge in [-0.1, -0.05) is 19.1 Å². The van der Waals surface area contributed by atoms with Crippen molar-refractivity contribution in [2.45, 2.75) is 19.4 Å². The van der Waals surface area contributed by atoms with Crippen LogP contribution in [0.25, 0.3) is 10.9 Å². The van der Waals surface area contributed by atoms with E-state index in [4.69, 9.17) is 0 Å². The molecule has 1 heterocycles. The van der Waals surface area contributed by atoms with Crippen molar-refractivity contribution in [3.8, 4) is 0 Å². The van der Waals surface area contributed by atoms with E-state index in [0.29, 0.717) is 17.3 Å². The number of nitrogens with one attached hydrogen (secondary N) is 1. The van der Waals surface area contributed by atoms with Crippen molar-refractivity contribution in [2.24, 2.45) is 0 Å². The van der Waals surface area contributed by atoms with E-state index in [-0.39, 0.29) is 11.2 Å². The number of para-hydroxylation sites is 1. The molecule has 0 unspecified atom stereocenters. The highest BCUT2D eigenvalue weighted by Gasteiger charge is 2.21. The van der Waals surface area contributed by atoms with Gasteiger partial charge in [0.15, 0.2) is 11.6 Å². The van der Waals surface area contributed by atoms with Crippen LogP contribution in [0.2, 0.25) is 0 Å². The zero-order chi connectivity index (χ0) is 18.0. The Balaban J connectivity index is 1.94. The zero-order valence-electron chi connectivity index (χ0n) is 13.4. The van der Waals surface area contributed by atoms with Gasteiger partial charge in [0.2, 0.25) is 5.91 Å². The van der Waals surface area contributed by atoms with Crippen molar-refractivity contribution >= 4 is 22.5 Å². The van der Waals surface area contributed by atoms with Crippen LogP contribution in [0.5, 0.6) is 0 Å². The molecule has 0 bridgehead atoms. The molecule has 25 heavy (non-hydrogen) atoms. The van der Waals surface area contributed by atoms with Gasteiger partial charge in [-0.3, -0.25) is 14.2 Å². The molecule has 5 nitrogen and oxygen atoms in total. The minimum atomic E-state index is -1.06. The summed E-state index contributed by atoms with van der Waals surface area (Å²) in [6, 6.07) is 9.09. The minimum absolute atomic E-state index is 0.115. The Labute approximate surface area is 141 Å². The fourth-order valence-electron chi connectivity index (χ4n) is 2.61. The molecular formula is C18H15F2N3O2. The number of amides is 1. The standard InChI is InChI=1S/C18H15F2N3O2/c1-2-16(17(24)22-11-7-8-13(19)14(20)9-11)23-10-21-15-6-4-3-5-12(15)18(23)25/h3-10,16H,2H2,1H3,(H,22,24)/t16-/m1/s1. The van der Waals surface area contributed by atoms with Gasteiger partial charge in [0.05, 0.1) is 17.2 Å². The van der Waals surface area contributed by atoms with E-state index in [1.54, 1.807) is 31.2 Å². The van der Waals surface area contributed by atoms with Gasteiger partial charge in [-0.25, -0.2) is 13.8 Å². The first-order valence-corrected chi connectivity index (χ1v) is 7.73. The van der Waals surface area contributed by atoms with Gasteiger partial charge < -0.3 is 5.32 Å². The lowest BCUT2D eigenvalue weighted by Crippen LogP contribution is -2.33. The quantitative estimate of drug-likeness (QED) is 0.791. The highest BCUT2D eigenvalue weighted by Crippen LogP contribution is 2.17. The van der Waals surface area contributed by atoms with Gasteiger partial charge in [0, 0.05) is 11.8 Å². The summed E-state index contributed by atoms with van der Waals surface area (Å²) in [5.74, 6) is -2.57. The summed E-state index contributed by atoms with van der Waals surface area (Å²) in [6.45, 7) is 1.75. The number of benzene rings is 2. The lowest BCUT2D eigenvalue weighted by atomic mass is 10.1. The Bertz CT molecular complexity index is 1000. The summed E-state index contributed by atoms with van der Waals surface area (Å²) >= 11 is 0. The molecule has 0 aliphatic carbocycles. The molecule has 1 N–H and O–H groups in total. The van der Waals surface area contributed by atoms with E-state index in [0.717, 1.165) is 12.1 Å². The van der Waals surface area contributed by atoms with Crippen LogP contribution in [-0.2, 0) is 4.79 Å². The third-order valence-corrected chi connectivity index (χ3v) is 3.90. The van der Waals surface area contributed by atoms with Crippen LogP contribution in [0.3, 0.4) is 0 Å². The van der Waals surface area contributed by atoms with E-state index in [1.165, 1.54) is 17.0 Å². The van der Waals surface area contributed by atoms with E-state index in [2.05, 4.69) is 10.3 Å². The number of carbonyl (C=O) groups is 1. The predicted octanol–water partition coefficient (Wildman–Crippen LogP) is 3.26. The summed E-state index contributed by atoms with van der Waals surface area (Å²) in [6.07, 6.45) is 1.65. The van der Waals surface area contributed by atoms with Gasteiger partial charge in [-0.05, 0) is 30.7 Å². The van der Waals surface area contributed by atoms with Crippen LogP contribution in [0.1, 0.15) is 19.4 Å². The van der Waals surface area contributed by atoms with Gasteiger partial charge >= 0.3 is 0 Å². The number of hydrogen-bond acceptors (Lipinski definition) is 3. The molecule has 0 saturated heterocycles. The molecule has 2 aromatic carbocycles. The average Bonchev–Trinajstić information content (AvgIpc) is 2.61. The third kappa shape index (κ3) is 3.26. The fraction of sp³-hybridized carbons (Fsp3) is 0.167. The van der Waals surface area contributed by atoms with Crippen molar-refractivity contribution in [3.05, 3.63) is 70.8 Å². The smallest absolute Gasteiger partial charge is 0.261 e. The molecule has 128 valence electrons. The first-order valence-electron chi connectivity index (χ1n) is 7.73. The Morgan fingerprint density at radius 1 is 1.20 bits per heavy atom. The molecule has 1 aromatic heterocycles. The summed E-state index contributed by atoms with van der Waals surface area (Å²) in [5, 5.41) is 2.91. The van der Waals surface area contributed by atoms with Crippen molar-refractivity contribution < 1.29 is 13.6 Å². The Morgan fingerprint density at radius 2 is 1.96 bits per heavy atom. The van der Waals surface area contributed by atoms with Gasteiger partial charge in [0.25, 0.3) is 5.56 Å². The van der Waals surface area contributed by atoms with Crippen molar-refractivity contribution in [1.29, 1.82) is 0 Å². The molecule has 0 aliphatic rings. The average molecular weight is 343 g/mol. The molecule has 0 aliphatic heterocycles. The second-order valence-corrected chi connectivity index (χ2v) is 5.52. The number of rotatable bonds is 4. The van der Waals surface area contributed by atoms with Crippen molar-refractivity contribution in [3.63, 3.8) is 0 Å². The Kier molecular flexibility index (Phi) is 4.56. The van der Waals surface area contributed by atoms with Crippen LogP contribution in [0.15, 0.2) is 53.6 Å². The first kappa shape index (κ1) is 16.8. The highest BCUT2D eigenvalue weighted by atomic mass is 19.2. The fourth-order valence-corrected chi connectivity index (χ4v) is 2.61. The molecule has 0 spiro atoms. The normalized spacial score (nSPS) is 12.1. The maximum Gasteiger partial charge on any atom is 0.261 e. The number of nitrogens with zero attached hydrogens (tertiary/aromatic N) is 2. The Hall–Kier alpha value is -3.09. The van der Waals surface area contributed by atoms with Crippen LogP contribution >= 0.6 is 0 Å². The van der Waals surface area contributed by atoms with Crippen LogP contribution < -0.4 is 10.9 Å². The SMILES string of the molecule is CC[C@H](C(=O)Nc1ccc(F)c(F)c1)n1cnc2ccccc2c1=O. The highest BCUT2D eigenvalue weighted by molar-refractivity contribution is 5.93. The zero-order valence-corrected chi connectivity index (χ0v) is 13.4. The van der Waals surface area contributed by atoms with E-state index in [1.807, 2.05) is 0 Å². The topological polar surface area (TPSA) is 64.0 Å². The summed E-state index contributed by atoms with van der Waals surface area (Å²) in [5.41, 5.74) is 0.321. The first-order chi connectivity index (χ1) is 12.0. The predicted molar refractivity (Wildman–Crippen MR) is 90.3 cm³/mol. The monoisotopic (exact) mass is 343 g/mol. The summed E-state index contributed by atoms with van der Waals surface area (Å²) in [7, 11) is 0. The maximum absolute atomic E-state index is 13.3. The summed E-state index contributed by atoms with van der Waals surface area (Å²) in [4.78, 5) is 29.3. The maximum atomic E-state index is 13.3. The number of carbonyl (C=O) groups excluding carboxylic acids is 1. The van der Waals surface area contributed by atoms with Crippen molar-refractivity contribution in [1.82, 2.24) is 9.55 Å². The molecule has 7 heteroatoms. The third-order valence-electron chi connectivity index (χ3n) is 3.90. The van der Waals surface area contributed by atoms with Gasteiger partial charge in [0.1, 0.15) is 6.04 Å². The number of hydrogen-bond donors (Lipinski definition) is 1. The number of aromatic nitrogens is 2. The number of halogens is 2. The lowest BCUT2D eigenvalue weighted by Gasteiger charge is -2.18. The van der Waals surface area contributed by atoms with Crippen LogP contribution in [0.4, 0.5) is 14.5 Å². The largest absolute Gasteiger partial charge is 0.324 e. The van der Waals surface area contributed by atoms with E-state index in [9.17, 15) is 18.4 Å². The van der Waals surface area contributed by atoms with Gasteiger partial charge in [-0.2, -0.15) is 0 Å². The summed E-state index contributed by atoms with van der Waals surface area (Å²) < 4.78 is 27.5. The molecular weight excluding hydrogens is 328 g/mol. The van der Waals surface area contributed by atoms with Crippen LogP contribution in [-0.4, -0.2) is 15.5 Å². The van der Waals surface area contributed by atoms with Crippen LogP contribution in [0, 0.1) is 11.6 Å². The number of fused-ring (bicyclic) bond motifs is 1. The molecule has 1 amide bonds. The van der Waals surface area contributed by atoms with Gasteiger partial charge in [-0.15, -0.1) is 0 Å². The lowest BCUT2D eigenvalue weighted by molar-refractivity contribution is -0.119. The second kappa shape index (κ2) is 6.80. The molecule has 3 aromatic rings. The molecule has 1 atom stereocenters. The molecule has 0 saturated carbocycles. The second-order valence-electron chi connectivity index (χ2n) is 5.52. The molecule has 3 rings (SSSR count). The minimum Gasteiger partial charge on any atom is -0.324 e. The molecule has 0 radical (unpaired) electrons. The molecule has 0 fully saturated rings. The Morgan fingerprint density at radius 3 is 2.68 bits per heavy atom. The van der Waals surface area contributed by atoms with Crippen molar-refractivity contribution in [2.75, 3.05) is 5.32 Å². The van der Waals surface area contributed by atoms with E-state index < -0.39 is 23.6 Å².